The third-order valence-electron chi connectivity index (χ3n) is 6.36. The second-order valence-corrected chi connectivity index (χ2v) is 9.00. The van der Waals surface area contributed by atoms with E-state index in [0.717, 1.165) is 37.9 Å². The Morgan fingerprint density at radius 2 is 1.54 bits per heavy atom. The predicted molar refractivity (Wildman–Crippen MR) is 132 cm³/mol. The standard InChI is InChI=1S/C20H33NO.C6H8O7/c1-3-21(4-2)16-17-22-20-13-9-8-12-19(20)15-14-18-10-6-5-7-11-18;7-3(8)1-6(13,5(11)12)2-4(9)10/h8-9,12-13,18H,3-7,10-11,14-17H2,1-2H3;13H,1-2H2,(H,7,8)(H,9,10)(H,11,12). The Morgan fingerprint density at radius 1 is 0.971 bits per heavy atom. The number of ether oxygens (including phenoxy) is 1. The van der Waals surface area contributed by atoms with Gasteiger partial charge in [-0.25, -0.2) is 4.79 Å². The van der Waals surface area contributed by atoms with Gasteiger partial charge in [-0.05, 0) is 43.5 Å². The molecule has 1 aliphatic carbocycles. The van der Waals surface area contributed by atoms with Crippen LogP contribution in [0.5, 0.6) is 5.75 Å². The van der Waals surface area contributed by atoms with Crippen LogP contribution in [0, 0.1) is 5.92 Å². The van der Waals surface area contributed by atoms with Crippen LogP contribution in [0.15, 0.2) is 24.3 Å². The summed E-state index contributed by atoms with van der Waals surface area (Å²) < 4.78 is 6.07. The van der Waals surface area contributed by atoms with Gasteiger partial charge >= 0.3 is 17.9 Å². The Balaban J connectivity index is 0.000000405. The van der Waals surface area contributed by atoms with Crippen molar-refractivity contribution in [3.05, 3.63) is 29.8 Å². The van der Waals surface area contributed by atoms with Crippen LogP contribution in [0.3, 0.4) is 0 Å². The van der Waals surface area contributed by atoms with Gasteiger partial charge in [-0.15, -0.1) is 0 Å². The smallest absolute Gasteiger partial charge is 0.336 e. The molecule has 0 aromatic heterocycles. The lowest BCUT2D eigenvalue weighted by atomic mass is 9.85. The van der Waals surface area contributed by atoms with Gasteiger partial charge in [-0.2, -0.15) is 0 Å². The topological polar surface area (TPSA) is 145 Å². The minimum Gasteiger partial charge on any atom is -0.492 e. The second-order valence-electron chi connectivity index (χ2n) is 9.00. The number of aryl methyl sites for hydroxylation is 1. The van der Waals surface area contributed by atoms with E-state index in [2.05, 4.69) is 43.0 Å². The number of benzene rings is 1. The molecule has 4 N–H and O–H groups in total. The van der Waals surface area contributed by atoms with Crippen LogP contribution in [-0.2, 0) is 20.8 Å². The number of likely N-dealkylation sites (N-methyl/N-ethyl adjacent to an activating group) is 1. The van der Waals surface area contributed by atoms with Gasteiger partial charge in [-0.1, -0.05) is 64.2 Å². The summed E-state index contributed by atoms with van der Waals surface area (Å²) in [4.78, 5) is 32.9. The third-order valence-corrected chi connectivity index (χ3v) is 6.36. The number of aliphatic carboxylic acids is 3. The highest BCUT2D eigenvalue weighted by molar-refractivity contribution is 5.88. The summed E-state index contributed by atoms with van der Waals surface area (Å²) in [7, 11) is 0. The molecule has 9 heteroatoms. The van der Waals surface area contributed by atoms with Crippen molar-refractivity contribution in [2.75, 3.05) is 26.2 Å². The molecule has 9 nitrogen and oxygen atoms in total. The van der Waals surface area contributed by atoms with Gasteiger partial charge in [0.05, 0.1) is 12.8 Å². The first-order valence-corrected chi connectivity index (χ1v) is 12.4. The van der Waals surface area contributed by atoms with Gasteiger partial charge in [0.2, 0.25) is 0 Å². The largest absolute Gasteiger partial charge is 0.492 e. The summed E-state index contributed by atoms with van der Waals surface area (Å²) >= 11 is 0. The summed E-state index contributed by atoms with van der Waals surface area (Å²) in [6.07, 6.45) is 7.41. The lowest BCUT2D eigenvalue weighted by Crippen LogP contribution is -2.42. The molecule has 0 spiro atoms. The number of aliphatic hydroxyl groups is 1. The van der Waals surface area contributed by atoms with Crippen LogP contribution in [0.25, 0.3) is 0 Å². The number of carboxylic acid groups (broad SMARTS) is 3. The molecule has 0 saturated heterocycles. The van der Waals surface area contributed by atoms with Crippen molar-refractivity contribution in [1.29, 1.82) is 0 Å². The van der Waals surface area contributed by atoms with Gasteiger partial charge in [0.15, 0.2) is 5.60 Å². The maximum absolute atomic E-state index is 10.3. The molecule has 35 heavy (non-hydrogen) atoms. The van der Waals surface area contributed by atoms with Gasteiger partial charge < -0.3 is 30.1 Å². The molecule has 0 bridgehead atoms. The molecule has 1 aromatic carbocycles. The molecular weight excluding hydrogens is 454 g/mol. The molecule has 0 radical (unpaired) electrons. The zero-order chi connectivity index (χ0) is 26.3. The van der Waals surface area contributed by atoms with E-state index in [4.69, 9.17) is 25.2 Å². The quantitative estimate of drug-likeness (QED) is 0.304. The van der Waals surface area contributed by atoms with E-state index in [9.17, 15) is 14.4 Å². The molecule has 0 aliphatic heterocycles. The van der Waals surface area contributed by atoms with E-state index in [0.29, 0.717) is 0 Å². The van der Waals surface area contributed by atoms with Crippen LogP contribution < -0.4 is 4.74 Å². The van der Waals surface area contributed by atoms with E-state index in [1.165, 1.54) is 50.5 Å². The Labute approximate surface area is 207 Å². The summed E-state index contributed by atoms with van der Waals surface area (Å²) in [6.45, 7) is 8.43. The Bertz CT molecular complexity index is 771. The minimum absolute atomic E-state index is 0.794. The number of carboxylic acids is 3. The van der Waals surface area contributed by atoms with Crippen molar-refractivity contribution in [1.82, 2.24) is 4.90 Å². The molecule has 1 aromatic rings. The molecule has 0 atom stereocenters. The highest BCUT2D eigenvalue weighted by atomic mass is 16.5. The SMILES string of the molecule is CCN(CC)CCOc1ccccc1CCC1CCCCC1.O=C(O)CC(O)(CC(=O)O)C(=O)O. The second kappa shape index (κ2) is 16.1. The summed E-state index contributed by atoms with van der Waals surface area (Å²) in [5.41, 5.74) is -1.34. The zero-order valence-electron chi connectivity index (χ0n) is 20.9. The molecule has 2 rings (SSSR count). The summed E-state index contributed by atoms with van der Waals surface area (Å²) in [5, 5.41) is 33.8. The van der Waals surface area contributed by atoms with Crippen LogP contribution in [0.4, 0.5) is 0 Å². The molecule has 1 saturated carbocycles. The molecular formula is C26H41NO8. The fraction of sp³-hybridized carbons (Fsp3) is 0.654. The van der Waals surface area contributed by atoms with Gasteiger partial charge in [-0.3, -0.25) is 9.59 Å². The zero-order valence-corrected chi connectivity index (χ0v) is 20.9. The minimum atomic E-state index is -2.74. The van der Waals surface area contributed by atoms with Crippen molar-refractivity contribution in [3.8, 4) is 5.75 Å². The number of hydrogen-bond acceptors (Lipinski definition) is 6. The summed E-state index contributed by atoms with van der Waals surface area (Å²) in [6, 6.07) is 8.62. The fourth-order valence-electron chi connectivity index (χ4n) is 4.23. The van der Waals surface area contributed by atoms with Gasteiger partial charge in [0.25, 0.3) is 0 Å². The van der Waals surface area contributed by atoms with Crippen molar-refractivity contribution in [2.24, 2.45) is 5.92 Å². The average molecular weight is 496 g/mol. The van der Waals surface area contributed by atoms with E-state index in [1.54, 1.807) is 0 Å². The number of carbonyl (C=O) groups is 3. The highest BCUT2D eigenvalue weighted by Gasteiger charge is 2.40. The molecule has 0 heterocycles. The Kier molecular flexibility index (Phi) is 14.0. The first-order valence-electron chi connectivity index (χ1n) is 12.4. The number of hydrogen-bond donors (Lipinski definition) is 4. The van der Waals surface area contributed by atoms with Crippen LogP contribution in [0.2, 0.25) is 0 Å². The highest BCUT2D eigenvalue weighted by Crippen LogP contribution is 2.29. The molecule has 0 unspecified atom stereocenters. The Morgan fingerprint density at radius 3 is 2.06 bits per heavy atom. The molecule has 1 fully saturated rings. The number of para-hydroxylation sites is 1. The van der Waals surface area contributed by atoms with Crippen LogP contribution >= 0.6 is 0 Å². The van der Waals surface area contributed by atoms with Crippen molar-refractivity contribution < 1.29 is 39.5 Å². The summed E-state index contributed by atoms with van der Waals surface area (Å²) in [5.74, 6) is -2.97. The third kappa shape index (κ3) is 12.0. The predicted octanol–water partition coefficient (Wildman–Crippen LogP) is 3.67. The van der Waals surface area contributed by atoms with Gasteiger partial charge in [0.1, 0.15) is 12.4 Å². The van der Waals surface area contributed by atoms with Crippen LogP contribution in [-0.4, -0.2) is 75.1 Å². The normalized spacial score (nSPS) is 14.2. The maximum atomic E-state index is 10.3. The lowest BCUT2D eigenvalue weighted by molar-refractivity contribution is -0.170. The van der Waals surface area contributed by atoms with E-state index >= 15 is 0 Å². The maximum Gasteiger partial charge on any atom is 0.336 e. The van der Waals surface area contributed by atoms with E-state index < -0.39 is 36.4 Å². The van der Waals surface area contributed by atoms with Crippen molar-refractivity contribution in [3.63, 3.8) is 0 Å². The first kappa shape index (κ1) is 30.4. The van der Waals surface area contributed by atoms with Crippen molar-refractivity contribution >= 4 is 17.9 Å². The van der Waals surface area contributed by atoms with Crippen LogP contribution in [0.1, 0.15) is 70.8 Å². The Hall–Kier alpha value is -2.65. The first-order chi connectivity index (χ1) is 16.6. The van der Waals surface area contributed by atoms with Gasteiger partial charge in [0, 0.05) is 6.54 Å². The lowest BCUT2D eigenvalue weighted by Gasteiger charge is -2.22. The number of nitrogens with zero attached hydrogens (tertiary/aromatic N) is 1. The molecule has 1 aliphatic rings. The molecule has 198 valence electrons. The number of rotatable bonds is 14. The van der Waals surface area contributed by atoms with Crippen molar-refractivity contribution in [2.45, 2.75) is 77.2 Å². The monoisotopic (exact) mass is 495 g/mol. The van der Waals surface area contributed by atoms with E-state index in [-0.39, 0.29) is 0 Å². The fourth-order valence-corrected chi connectivity index (χ4v) is 4.23. The average Bonchev–Trinajstić information content (AvgIpc) is 2.81. The van der Waals surface area contributed by atoms with E-state index in [1.807, 2.05) is 0 Å². The molecule has 0 amide bonds.